The number of carbonyl (C=O) groups is 2. The van der Waals surface area contributed by atoms with Crippen molar-refractivity contribution in [2.45, 2.75) is 20.8 Å². The first-order valence-corrected chi connectivity index (χ1v) is 7.20. The fourth-order valence-corrected chi connectivity index (χ4v) is 2.01. The second-order valence-electron chi connectivity index (χ2n) is 5.02. The zero-order valence-electron chi connectivity index (χ0n) is 13.5. The van der Waals surface area contributed by atoms with E-state index in [4.69, 9.17) is 4.74 Å². The van der Waals surface area contributed by atoms with Crippen LogP contribution in [-0.2, 0) is 4.74 Å². The average Bonchev–Trinajstić information content (AvgIpc) is 2.51. The van der Waals surface area contributed by atoms with Crippen molar-refractivity contribution in [3.05, 3.63) is 51.6 Å². The fourth-order valence-electron chi connectivity index (χ4n) is 2.01. The molecule has 0 atom stereocenters. The van der Waals surface area contributed by atoms with E-state index in [1.54, 1.807) is 20.8 Å². The lowest BCUT2D eigenvalue weighted by atomic mass is 10.1. The van der Waals surface area contributed by atoms with Crippen LogP contribution in [0.1, 0.15) is 41.5 Å². The summed E-state index contributed by atoms with van der Waals surface area (Å²) < 4.78 is 4.85. The minimum Gasteiger partial charge on any atom is -0.462 e. The van der Waals surface area contributed by atoms with Gasteiger partial charge in [-0.05, 0) is 26.8 Å². The molecule has 0 N–H and O–H groups in total. The Balaban J connectivity index is 3.28. The number of rotatable bonds is 7. The Morgan fingerprint density at radius 3 is 2.35 bits per heavy atom. The lowest BCUT2D eigenvalue weighted by Gasteiger charge is -2.21. The molecule has 0 heterocycles. The third kappa shape index (κ3) is 4.91. The van der Waals surface area contributed by atoms with Gasteiger partial charge in [0.15, 0.2) is 0 Å². The maximum absolute atomic E-state index is 12.5. The van der Waals surface area contributed by atoms with E-state index in [-0.39, 0.29) is 23.4 Å². The number of hydrogen-bond donors (Lipinski definition) is 0. The molecule has 0 bridgehead atoms. The van der Waals surface area contributed by atoms with E-state index in [0.29, 0.717) is 13.1 Å². The number of non-ortho nitro benzene ring substituents is 1. The van der Waals surface area contributed by atoms with Gasteiger partial charge in [0.2, 0.25) is 0 Å². The Morgan fingerprint density at radius 2 is 1.87 bits per heavy atom. The van der Waals surface area contributed by atoms with Crippen LogP contribution in [0, 0.1) is 10.1 Å². The molecule has 1 amide bonds. The molecule has 1 rings (SSSR count). The molecule has 0 aliphatic rings. The molecular weight excluding hydrogens is 300 g/mol. The van der Waals surface area contributed by atoms with Crippen LogP contribution in [0.15, 0.2) is 30.4 Å². The molecule has 124 valence electrons. The van der Waals surface area contributed by atoms with Crippen molar-refractivity contribution < 1.29 is 19.2 Å². The molecule has 7 nitrogen and oxygen atoms in total. The van der Waals surface area contributed by atoms with Crippen LogP contribution < -0.4 is 0 Å². The van der Waals surface area contributed by atoms with Gasteiger partial charge in [0.1, 0.15) is 0 Å². The van der Waals surface area contributed by atoms with Crippen LogP contribution in [-0.4, -0.2) is 41.4 Å². The number of nitro groups is 1. The van der Waals surface area contributed by atoms with E-state index in [0.717, 1.165) is 17.7 Å². The molecule has 23 heavy (non-hydrogen) atoms. The highest BCUT2D eigenvalue weighted by molar-refractivity contribution is 5.99. The highest BCUT2D eigenvalue weighted by atomic mass is 16.6. The van der Waals surface area contributed by atoms with Crippen molar-refractivity contribution >= 4 is 17.6 Å². The number of nitro benzene ring substituents is 1. The summed E-state index contributed by atoms with van der Waals surface area (Å²) in [5.74, 6) is -1.10. The normalized spacial score (nSPS) is 10.0. The lowest BCUT2D eigenvalue weighted by molar-refractivity contribution is -0.384. The molecule has 0 saturated heterocycles. The quantitative estimate of drug-likeness (QED) is 0.333. The number of carbonyl (C=O) groups excluding carboxylic acids is 2. The number of likely N-dealkylation sites (N-methyl/N-ethyl adjacent to an activating group) is 1. The van der Waals surface area contributed by atoms with Gasteiger partial charge in [-0.3, -0.25) is 14.9 Å². The van der Waals surface area contributed by atoms with Gasteiger partial charge in [-0.2, -0.15) is 0 Å². The summed E-state index contributed by atoms with van der Waals surface area (Å²) in [7, 11) is 0. The monoisotopic (exact) mass is 320 g/mol. The number of esters is 1. The summed E-state index contributed by atoms with van der Waals surface area (Å²) in [5, 5.41) is 11.0. The predicted octanol–water partition coefficient (Wildman–Crippen LogP) is 2.81. The molecule has 0 fully saturated rings. The maximum atomic E-state index is 12.5. The zero-order chi connectivity index (χ0) is 17.6. The van der Waals surface area contributed by atoms with E-state index in [1.165, 1.54) is 11.0 Å². The Kier molecular flexibility index (Phi) is 6.44. The van der Waals surface area contributed by atoms with E-state index in [1.807, 2.05) is 0 Å². The van der Waals surface area contributed by atoms with E-state index in [2.05, 4.69) is 6.58 Å². The van der Waals surface area contributed by atoms with Gasteiger partial charge < -0.3 is 9.64 Å². The maximum Gasteiger partial charge on any atom is 0.338 e. The number of ether oxygens (including phenoxy) is 1. The van der Waals surface area contributed by atoms with Gasteiger partial charge in [0.05, 0.1) is 17.1 Å². The standard InChI is InChI=1S/C16H20N2O5/c1-5-17(10-11(3)4)15(19)12-7-13(16(20)23-6-2)9-14(8-12)18(21)22/h7-9H,3,5-6,10H2,1-2,4H3. The second-order valence-corrected chi connectivity index (χ2v) is 5.02. The molecule has 0 saturated carbocycles. The summed E-state index contributed by atoms with van der Waals surface area (Å²) in [6.45, 7) is 9.87. The van der Waals surface area contributed by atoms with E-state index < -0.39 is 16.8 Å². The largest absolute Gasteiger partial charge is 0.462 e. The van der Waals surface area contributed by atoms with Gasteiger partial charge in [-0.1, -0.05) is 12.2 Å². The Hall–Kier alpha value is -2.70. The zero-order valence-corrected chi connectivity index (χ0v) is 13.5. The van der Waals surface area contributed by atoms with Crippen molar-refractivity contribution in [1.82, 2.24) is 4.90 Å². The van der Waals surface area contributed by atoms with E-state index in [9.17, 15) is 19.7 Å². The highest BCUT2D eigenvalue weighted by Crippen LogP contribution is 2.20. The topological polar surface area (TPSA) is 89.8 Å². The summed E-state index contributed by atoms with van der Waals surface area (Å²) >= 11 is 0. The molecule has 0 aromatic heterocycles. The van der Waals surface area contributed by atoms with E-state index >= 15 is 0 Å². The van der Waals surface area contributed by atoms with Gasteiger partial charge in [-0.15, -0.1) is 0 Å². The summed E-state index contributed by atoms with van der Waals surface area (Å²) in [6, 6.07) is 3.57. The van der Waals surface area contributed by atoms with Crippen molar-refractivity contribution in [3.8, 4) is 0 Å². The summed E-state index contributed by atoms with van der Waals surface area (Å²) in [5.41, 5.74) is 0.516. The molecule has 0 unspecified atom stereocenters. The van der Waals surface area contributed by atoms with Gasteiger partial charge in [0.25, 0.3) is 11.6 Å². The average molecular weight is 320 g/mol. The number of amides is 1. The minimum absolute atomic E-state index is 0.0178. The number of benzene rings is 1. The molecular formula is C16H20N2O5. The molecule has 1 aromatic rings. The Morgan fingerprint density at radius 1 is 1.26 bits per heavy atom. The highest BCUT2D eigenvalue weighted by Gasteiger charge is 2.21. The van der Waals surface area contributed by atoms with Crippen LogP contribution in [0.2, 0.25) is 0 Å². The van der Waals surface area contributed by atoms with Gasteiger partial charge >= 0.3 is 5.97 Å². The van der Waals surface area contributed by atoms with Crippen LogP contribution in [0.25, 0.3) is 0 Å². The SMILES string of the molecule is C=C(C)CN(CC)C(=O)c1cc(C(=O)OCC)cc([N+](=O)[O-])c1. The molecule has 7 heteroatoms. The summed E-state index contributed by atoms with van der Waals surface area (Å²) in [4.78, 5) is 36.2. The van der Waals surface area contributed by atoms with Gasteiger partial charge in [-0.25, -0.2) is 4.79 Å². The number of hydrogen-bond acceptors (Lipinski definition) is 5. The fraction of sp³-hybridized carbons (Fsp3) is 0.375. The Labute approximate surface area is 134 Å². The number of nitrogens with zero attached hydrogens (tertiary/aromatic N) is 2. The third-order valence-corrected chi connectivity index (χ3v) is 3.02. The molecule has 0 spiro atoms. The van der Waals surface area contributed by atoms with Crippen LogP contribution in [0.4, 0.5) is 5.69 Å². The minimum atomic E-state index is -0.701. The molecule has 1 aromatic carbocycles. The lowest BCUT2D eigenvalue weighted by Crippen LogP contribution is -2.32. The van der Waals surface area contributed by atoms with Crippen molar-refractivity contribution in [1.29, 1.82) is 0 Å². The van der Waals surface area contributed by atoms with Crippen molar-refractivity contribution in [3.63, 3.8) is 0 Å². The Bertz CT molecular complexity index is 639. The van der Waals surface area contributed by atoms with Gasteiger partial charge in [0, 0.05) is 30.8 Å². The first-order valence-electron chi connectivity index (χ1n) is 7.20. The first-order chi connectivity index (χ1) is 10.8. The molecule has 0 radical (unpaired) electrons. The van der Waals surface area contributed by atoms with Crippen molar-refractivity contribution in [2.24, 2.45) is 0 Å². The van der Waals surface area contributed by atoms with Crippen LogP contribution in [0.5, 0.6) is 0 Å². The summed E-state index contributed by atoms with van der Waals surface area (Å²) in [6.07, 6.45) is 0. The molecule has 0 aliphatic heterocycles. The second kappa shape index (κ2) is 8.07. The van der Waals surface area contributed by atoms with Crippen LogP contribution in [0.3, 0.4) is 0 Å². The van der Waals surface area contributed by atoms with Crippen LogP contribution >= 0.6 is 0 Å². The third-order valence-electron chi connectivity index (χ3n) is 3.02. The first kappa shape index (κ1) is 18.3. The van der Waals surface area contributed by atoms with Crippen molar-refractivity contribution in [2.75, 3.05) is 19.7 Å². The predicted molar refractivity (Wildman–Crippen MR) is 85.4 cm³/mol. The smallest absolute Gasteiger partial charge is 0.338 e. The molecule has 0 aliphatic carbocycles.